The summed E-state index contributed by atoms with van der Waals surface area (Å²) in [6, 6.07) is 15.5. The van der Waals surface area contributed by atoms with Crippen molar-refractivity contribution in [2.75, 3.05) is 20.8 Å². The van der Waals surface area contributed by atoms with Gasteiger partial charge in [-0.15, -0.1) is 0 Å². The second-order valence-corrected chi connectivity index (χ2v) is 8.40. The predicted octanol–water partition coefficient (Wildman–Crippen LogP) is 4.84. The summed E-state index contributed by atoms with van der Waals surface area (Å²) in [6.07, 6.45) is 1.07. The minimum atomic E-state index is -0.477. The summed E-state index contributed by atoms with van der Waals surface area (Å²) in [4.78, 5) is 31.1. The zero-order chi connectivity index (χ0) is 23.5. The van der Waals surface area contributed by atoms with Crippen LogP contribution in [0.15, 0.2) is 64.8 Å². The molecule has 2 aliphatic rings. The minimum Gasteiger partial charge on any atom is -0.497 e. The quantitative estimate of drug-likeness (QED) is 0.593. The number of nitrogens with zero attached hydrogens (tertiary/aromatic N) is 1. The minimum absolute atomic E-state index is 0.0480. The van der Waals surface area contributed by atoms with Crippen molar-refractivity contribution in [3.8, 4) is 11.5 Å². The number of hydrogen-bond donors (Lipinski definition) is 0. The molecule has 0 bridgehead atoms. The number of ketones is 1. The molecule has 172 valence electrons. The van der Waals surface area contributed by atoms with Crippen LogP contribution in [0.2, 0.25) is 0 Å². The van der Waals surface area contributed by atoms with Gasteiger partial charge in [-0.25, -0.2) is 4.79 Å². The largest absolute Gasteiger partial charge is 0.497 e. The standard InChI is InChI=1S/C27H29NO5/c1-5-33-21-12-8-18(9-13-21)25-24(27(30)32-4)16(2)28-22-14-19(15-23(29)26(22)25)17-6-10-20(31-3)11-7-17/h6-13,19,25-26H,5,14-15H2,1-4H3/t19-,25+,26?/m0/s1. The van der Waals surface area contributed by atoms with Gasteiger partial charge in [0.15, 0.2) is 0 Å². The van der Waals surface area contributed by atoms with Gasteiger partial charge in [-0.1, -0.05) is 24.3 Å². The molecular formula is C27H29NO5. The molecule has 1 aliphatic heterocycles. The van der Waals surface area contributed by atoms with E-state index < -0.39 is 17.8 Å². The van der Waals surface area contributed by atoms with E-state index in [1.54, 1.807) is 7.11 Å². The lowest BCUT2D eigenvalue weighted by Crippen LogP contribution is -2.41. The van der Waals surface area contributed by atoms with Crippen LogP contribution in [0, 0.1) is 5.92 Å². The first-order chi connectivity index (χ1) is 16.0. The van der Waals surface area contributed by atoms with Crippen molar-refractivity contribution in [1.82, 2.24) is 0 Å². The molecule has 6 nitrogen and oxygen atoms in total. The fraction of sp³-hybridized carbons (Fsp3) is 0.370. The Bertz CT molecular complexity index is 1100. The van der Waals surface area contributed by atoms with Crippen LogP contribution in [0.4, 0.5) is 0 Å². The van der Waals surface area contributed by atoms with Crippen LogP contribution in [0.3, 0.4) is 0 Å². The highest BCUT2D eigenvalue weighted by Crippen LogP contribution is 2.46. The van der Waals surface area contributed by atoms with Gasteiger partial charge in [0.25, 0.3) is 0 Å². The van der Waals surface area contributed by atoms with E-state index in [2.05, 4.69) is 0 Å². The van der Waals surface area contributed by atoms with E-state index in [4.69, 9.17) is 19.2 Å². The van der Waals surface area contributed by atoms with Gasteiger partial charge in [0.05, 0.1) is 32.3 Å². The molecule has 0 saturated heterocycles. The third kappa shape index (κ3) is 4.42. The van der Waals surface area contributed by atoms with Crippen molar-refractivity contribution in [2.45, 2.75) is 38.5 Å². The number of rotatable bonds is 6. The van der Waals surface area contributed by atoms with Crippen molar-refractivity contribution < 1.29 is 23.8 Å². The average molecular weight is 448 g/mol. The topological polar surface area (TPSA) is 74.2 Å². The normalized spacial score (nSPS) is 22.4. The first-order valence-electron chi connectivity index (χ1n) is 11.2. The number of ether oxygens (including phenoxy) is 3. The lowest BCUT2D eigenvalue weighted by molar-refractivity contribution is -0.136. The molecule has 4 rings (SSSR count). The van der Waals surface area contributed by atoms with E-state index in [1.165, 1.54) is 7.11 Å². The van der Waals surface area contributed by atoms with Crippen molar-refractivity contribution in [1.29, 1.82) is 0 Å². The summed E-state index contributed by atoms with van der Waals surface area (Å²) in [5.41, 5.74) is 3.85. The molecule has 1 fully saturated rings. The highest BCUT2D eigenvalue weighted by molar-refractivity contribution is 6.12. The Morgan fingerprint density at radius 2 is 1.58 bits per heavy atom. The van der Waals surface area contributed by atoms with Crippen LogP contribution < -0.4 is 9.47 Å². The number of Topliss-reactive ketones (excluding diaryl/α,β-unsaturated/α-hetero) is 1. The monoisotopic (exact) mass is 447 g/mol. The van der Waals surface area contributed by atoms with E-state index in [0.717, 1.165) is 28.3 Å². The van der Waals surface area contributed by atoms with E-state index in [1.807, 2.05) is 62.4 Å². The Morgan fingerprint density at radius 1 is 0.939 bits per heavy atom. The van der Waals surface area contributed by atoms with Crippen molar-refractivity contribution in [3.05, 3.63) is 70.9 Å². The van der Waals surface area contributed by atoms with Gasteiger partial charge in [0, 0.05) is 23.7 Å². The predicted molar refractivity (Wildman–Crippen MR) is 126 cm³/mol. The molecule has 1 aliphatic carbocycles. The SMILES string of the molecule is CCOc1ccc([C@@H]2C(C(=O)OC)=C(C)N=C3C[C@H](c4ccc(OC)cc4)CC(=O)C32)cc1. The van der Waals surface area contributed by atoms with Crippen LogP contribution in [0.5, 0.6) is 11.5 Å². The number of allylic oxidation sites excluding steroid dienone is 1. The lowest BCUT2D eigenvalue weighted by Gasteiger charge is -2.38. The van der Waals surface area contributed by atoms with Crippen LogP contribution >= 0.6 is 0 Å². The molecule has 0 N–H and O–H groups in total. The summed E-state index contributed by atoms with van der Waals surface area (Å²) >= 11 is 0. The fourth-order valence-electron chi connectivity index (χ4n) is 4.96. The smallest absolute Gasteiger partial charge is 0.336 e. The number of hydrogen-bond acceptors (Lipinski definition) is 6. The third-order valence-electron chi connectivity index (χ3n) is 6.50. The van der Waals surface area contributed by atoms with Crippen LogP contribution in [-0.2, 0) is 14.3 Å². The highest BCUT2D eigenvalue weighted by Gasteiger charge is 2.45. The van der Waals surface area contributed by atoms with Gasteiger partial charge in [-0.3, -0.25) is 9.79 Å². The summed E-state index contributed by atoms with van der Waals surface area (Å²) in [6.45, 7) is 4.32. The Labute approximate surface area is 194 Å². The number of aliphatic imine (C=N–C) groups is 1. The highest BCUT2D eigenvalue weighted by atomic mass is 16.5. The second-order valence-electron chi connectivity index (χ2n) is 8.40. The summed E-state index contributed by atoms with van der Waals surface area (Å²) in [5.74, 6) is 0.326. The first-order valence-corrected chi connectivity index (χ1v) is 11.2. The zero-order valence-corrected chi connectivity index (χ0v) is 19.5. The average Bonchev–Trinajstić information content (AvgIpc) is 2.83. The summed E-state index contributed by atoms with van der Waals surface area (Å²) < 4.78 is 15.9. The molecule has 6 heteroatoms. The summed E-state index contributed by atoms with van der Waals surface area (Å²) in [7, 11) is 3.00. The number of fused-ring (bicyclic) bond motifs is 1. The zero-order valence-electron chi connectivity index (χ0n) is 19.5. The first kappa shape index (κ1) is 22.8. The molecule has 2 aromatic carbocycles. The van der Waals surface area contributed by atoms with E-state index in [0.29, 0.717) is 30.7 Å². The molecular weight excluding hydrogens is 418 g/mol. The van der Waals surface area contributed by atoms with E-state index >= 15 is 0 Å². The Morgan fingerprint density at radius 3 is 2.18 bits per heavy atom. The van der Waals surface area contributed by atoms with Crippen molar-refractivity contribution >= 4 is 17.5 Å². The van der Waals surface area contributed by atoms with Gasteiger partial charge in [-0.2, -0.15) is 0 Å². The van der Waals surface area contributed by atoms with Gasteiger partial charge in [0.1, 0.15) is 17.3 Å². The molecule has 2 aromatic rings. The van der Waals surface area contributed by atoms with Gasteiger partial charge in [-0.05, 0) is 61.6 Å². The number of esters is 1. The second kappa shape index (κ2) is 9.61. The van der Waals surface area contributed by atoms with Crippen LogP contribution in [0.25, 0.3) is 0 Å². The maximum atomic E-state index is 13.5. The fourth-order valence-corrected chi connectivity index (χ4v) is 4.96. The van der Waals surface area contributed by atoms with Crippen molar-refractivity contribution in [3.63, 3.8) is 0 Å². The maximum Gasteiger partial charge on any atom is 0.336 e. The third-order valence-corrected chi connectivity index (χ3v) is 6.50. The molecule has 33 heavy (non-hydrogen) atoms. The molecule has 0 spiro atoms. The molecule has 1 unspecified atom stereocenters. The number of methoxy groups -OCH3 is 2. The maximum absolute atomic E-state index is 13.5. The Hall–Kier alpha value is -3.41. The lowest BCUT2D eigenvalue weighted by atomic mass is 9.66. The number of carbonyl (C=O) groups excluding carboxylic acids is 2. The van der Waals surface area contributed by atoms with Crippen LogP contribution in [0.1, 0.15) is 49.7 Å². The van der Waals surface area contributed by atoms with Crippen LogP contribution in [-0.4, -0.2) is 38.3 Å². The molecule has 1 heterocycles. The summed E-state index contributed by atoms with van der Waals surface area (Å²) in [5, 5.41) is 0. The van der Waals surface area contributed by atoms with Gasteiger partial charge < -0.3 is 14.2 Å². The molecule has 0 aromatic heterocycles. The van der Waals surface area contributed by atoms with Gasteiger partial charge in [0.2, 0.25) is 0 Å². The van der Waals surface area contributed by atoms with E-state index in [9.17, 15) is 9.59 Å². The van der Waals surface area contributed by atoms with Crippen molar-refractivity contribution in [2.24, 2.45) is 10.9 Å². The Balaban J connectivity index is 1.73. The molecule has 0 radical (unpaired) electrons. The molecule has 1 saturated carbocycles. The number of carbonyl (C=O) groups is 2. The molecule has 3 atom stereocenters. The number of benzene rings is 2. The Kier molecular flexibility index (Phi) is 6.63. The van der Waals surface area contributed by atoms with Gasteiger partial charge >= 0.3 is 5.97 Å². The molecule has 0 amide bonds. The van der Waals surface area contributed by atoms with E-state index in [-0.39, 0.29) is 11.7 Å².